The minimum absolute atomic E-state index is 0.0191. The molecule has 2 atom stereocenters. The smallest absolute Gasteiger partial charge is 0.340 e. The molecule has 8 heteroatoms. The van der Waals surface area contributed by atoms with Gasteiger partial charge in [-0.05, 0) is 67.3 Å². The predicted octanol–water partition coefficient (Wildman–Crippen LogP) is 5.51. The zero-order chi connectivity index (χ0) is 22.8. The Kier molecular flexibility index (Phi) is 5.88. The molecule has 33 heavy (non-hydrogen) atoms. The molecule has 2 aliphatic rings. The molecule has 7 nitrogen and oxygen atoms in total. The summed E-state index contributed by atoms with van der Waals surface area (Å²) in [6, 6.07) is 13.5. The summed E-state index contributed by atoms with van der Waals surface area (Å²) in [6.07, 6.45) is 7.83. The number of fused-ring (bicyclic) bond motifs is 1. The lowest BCUT2D eigenvalue weighted by Gasteiger charge is -2.27. The molecule has 1 aliphatic carbocycles. The lowest BCUT2D eigenvalue weighted by atomic mass is 9.79. The van der Waals surface area contributed by atoms with Crippen LogP contribution in [0.5, 0.6) is 0 Å². The number of ether oxygens (including phenoxy) is 1. The monoisotopic (exact) mass is 464 g/mol. The van der Waals surface area contributed by atoms with Crippen LogP contribution in [-0.4, -0.2) is 29.2 Å². The highest BCUT2D eigenvalue weighted by Gasteiger charge is 2.45. The van der Waals surface area contributed by atoms with Crippen molar-refractivity contribution in [3.05, 3.63) is 88.7 Å². The number of esters is 1. The van der Waals surface area contributed by atoms with E-state index in [2.05, 4.69) is 0 Å². The van der Waals surface area contributed by atoms with Gasteiger partial charge in [-0.15, -0.1) is 0 Å². The van der Waals surface area contributed by atoms with Crippen molar-refractivity contribution in [2.45, 2.75) is 25.3 Å². The summed E-state index contributed by atoms with van der Waals surface area (Å²) in [4.78, 5) is 25.6. The minimum atomic E-state index is -0.661. The van der Waals surface area contributed by atoms with Crippen molar-refractivity contribution in [1.29, 1.82) is 0 Å². The summed E-state index contributed by atoms with van der Waals surface area (Å²) < 4.78 is 16.4. The van der Waals surface area contributed by atoms with Gasteiger partial charge in [-0.1, -0.05) is 23.7 Å². The van der Waals surface area contributed by atoms with Crippen molar-refractivity contribution in [3.8, 4) is 0 Å². The number of hydrazone groups is 1. The topological polar surface area (TPSA) is 85.3 Å². The van der Waals surface area contributed by atoms with Crippen LogP contribution in [0.15, 0.2) is 80.6 Å². The summed E-state index contributed by atoms with van der Waals surface area (Å²) in [5.74, 6) is 0.265. The third kappa shape index (κ3) is 4.24. The van der Waals surface area contributed by atoms with E-state index in [1.54, 1.807) is 42.9 Å². The second-order valence-corrected chi connectivity index (χ2v) is 8.33. The van der Waals surface area contributed by atoms with Gasteiger partial charge in [0, 0.05) is 5.92 Å². The molecular weight excluding hydrogens is 444 g/mol. The van der Waals surface area contributed by atoms with E-state index in [1.807, 2.05) is 24.3 Å². The summed E-state index contributed by atoms with van der Waals surface area (Å²) in [5.41, 5.74) is 2.07. The Labute approximate surface area is 195 Å². The van der Waals surface area contributed by atoms with E-state index in [4.69, 9.17) is 30.3 Å². The number of amides is 1. The normalized spacial score (nSPS) is 21.1. The summed E-state index contributed by atoms with van der Waals surface area (Å²) in [7, 11) is 0. The van der Waals surface area contributed by atoms with Crippen LogP contribution in [0.2, 0.25) is 5.02 Å². The van der Waals surface area contributed by atoms with Crippen molar-refractivity contribution in [1.82, 2.24) is 5.01 Å². The summed E-state index contributed by atoms with van der Waals surface area (Å²) in [6.45, 7) is -0.456. The first-order valence-corrected chi connectivity index (χ1v) is 11.1. The molecule has 1 fully saturated rings. The maximum atomic E-state index is 13.2. The molecule has 1 aliphatic heterocycles. The predicted molar refractivity (Wildman–Crippen MR) is 121 cm³/mol. The van der Waals surface area contributed by atoms with Crippen molar-refractivity contribution >= 4 is 35.3 Å². The number of hydrogen-bond acceptors (Lipinski definition) is 6. The van der Waals surface area contributed by atoms with Gasteiger partial charge in [0.1, 0.15) is 17.6 Å². The SMILES string of the molecule is O=C(OCC(=O)N1N=C2/C(=C\c3ccco3)CCC[C@H]2[C@H]1c1ccco1)c1ccccc1Cl. The largest absolute Gasteiger partial charge is 0.467 e. The third-order valence-corrected chi connectivity index (χ3v) is 6.20. The van der Waals surface area contributed by atoms with E-state index in [0.29, 0.717) is 5.76 Å². The minimum Gasteiger partial charge on any atom is -0.467 e. The number of halogens is 1. The van der Waals surface area contributed by atoms with E-state index in [0.717, 1.165) is 36.3 Å². The fraction of sp³-hybridized carbons (Fsp3) is 0.240. The molecule has 0 spiro atoms. The van der Waals surface area contributed by atoms with E-state index < -0.39 is 24.5 Å². The molecule has 1 aromatic carbocycles. The quantitative estimate of drug-likeness (QED) is 0.465. The van der Waals surface area contributed by atoms with Crippen LogP contribution in [0.1, 0.15) is 47.2 Å². The number of carbonyl (C=O) groups is 2. The van der Waals surface area contributed by atoms with Crippen LogP contribution < -0.4 is 0 Å². The van der Waals surface area contributed by atoms with Crippen molar-refractivity contribution in [3.63, 3.8) is 0 Å². The third-order valence-electron chi connectivity index (χ3n) is 5.87. The molecule has 3 heterocycles. The van der Waals surface area contributed by atoms with Gasteiger partial charge >= 0.3 is 5.97 Å². The number of hydrogen-bond donors (Lipinski definition) is 0. The average Bonchev–Trinajstić information content (AvgIpc) is 3.58. The Morgan fingerprint density at radius 1 is 1.12 bits per heavy atom. The highest BCUT2D eigenvalue weighted by molar-refractivity contribution is 6.33. The van der Waals surface area contributed by atoms with Crippen LogP contribution in [0, 0.1) is 5.92 Å². The van der Waals surface area contributed by atoms with Gasteiger partial charge in [0.2, 0.25) is 0 Å². The van der Waals surface area contributed by atoms with Crippen LogP contribution in [0.3, 0.4) is 0 Å². The van der Waals surface area contributed by atoms with Crippen LogP contribution in [-0.2, 0) is 9.53 Å². The Bertz CT molecular complexity index is 1210. The van der Waals surface area contributed by atoms with Crippen LogP contribution >= 0.6 is 11.6 Å². The second-order valence-electron chi connectivity index (χ2n) is 7.92. The zero-order valence-electron chi connectivity index (χ0n) is 17.6. The van der Waals surface area contributed by atoms with E-state index in [9.17, 15) is 9.59 Å². The Morgan fingerprint density at radius 3 is 2.70 bits per heavy atom. The van der Waals surface area contributed by atoms with Crippen molar-refractivity contribution < 1.29 is 23.2 Å². The second kappa shape index (κ2) is 9.11. The summed E-state index contributed by atoms with van der Waals surface area (Å²) in [5, 5.41) is 6.35. The first-order chi connectivity index (χ1) is 16.1. The van der Waals surface area contributed by atoms with E-state index >= 15 is 0 Å². The first kappa shape index (κ1) is 21.3. The van der Waals surface area contributed by atoms with E-state index in [1.165, 1.54) is 5.01 Å². The molecular formula is C25H21ClN2O5. The van der Waals surface area contributed by atoms with Gasteiger partial charge < -0.3 is 13.6 Å². The number of benzene rings is 1. The standard InChI is InChI=1S/C25H21ClN2O5/c26-20-10-2-1-8-18(20)25(30)33-15-22(29)28-24(21-11-5-13-32-21)19-9-3-6-16(23(19)27-28)14-17-7-4-12-31-17/h1-2,4-5,7-8,10-14,19,24H,3,6,9,15H2/b16-14-/t19-,24+/m1/s1. The molecule has 0 bridgehead atoms. The Hall–Kier alpha value is -3.58. The lowest BCUT2D eigenvalue weighted by Crippen LogP contribution is -2.34. The molecule has 2 aromatic heterocycles. The zero-order valence-corrected chi connectivity index (χ0v) is 18.4. The molecule has 3 aromatic rings. The number of carbonyl (C=O) groups excluding carboxylic acids is 2. The van der Waals surface area contributed by atoms with Crippen molar-refractivity contribution in [2.24, 2.45) is 11.0 Å². The number of nitrogens with zero attached hydrogens (tertiary/aromatic N) is 2. The maximum absolute atomic E-state index is 13.2. The molecule has 0 N–H and O–H groups in total. The van der Waals surface area contributed by atoms with Gasteiger partial charge in [-0.2, -0.15) is 5.10 Å². The highest BCUT2D eigenvalue weighted by atomic mass is 35.5. The number of furan rings is 2. The maximum Gasteiger partial charge on any atom is 0.340 e. The Balaban J connectivity index is 1.40. The molecule has 0 radical (unpaired) electrons. The fourth-order valence-electron chi connectivity index (χ4n) is 4.39. The molecule has 1 saturated carbocycles. The van der Waals surface area contributed by atoms with Crippen LogP contribution in [0.25, 0.3) is 6.08 Å². The lowest BCUT2D eigenvalue weighted by molar-refractivity contribution is -0.137. The summed E-state index contributed by atoms with van der Waals surface area (Å²) >= 11 is 6.06. The molecule has 5 rings (SSSR count). The first-order valence-electron chi connectivity index (χ1n) is 10.7. The van der Waals surface area contributed by atoms with Gasteiger partial charge in [0.05, 0.1) is 28.8 Å². The van der Waals surface area contributed by atoms with E-state index in [-0.39, 0.29) is 16.5 Å². The van der Waals surface area contributed by atoms with Crippen molar-refractivity contribution in [2.75, 3.05) is 6.61 Å². The average molecular weight is 465 g/mol. The molecule has 168 valence electrons. The molecule has 0 unspecified atom stereocenters. The van der Waals surface area contributed by atoms with Gasteiger partial charge in [-0.25, -0.2) is 9.80 Å². The molecule has 1 amide bonds. The number of allylic oxidation sites excluding steroid dienone is 1. The highest BCUT2D eigenvalue weighted by Crippen LogP contribution is 2.44. The van der Waals surface area contributed by atoms with Gasteiger partial charge in [0.25, 0.3) is 5.91 Å². The van der Waals surface area contributed by atoms with Crippen LogP contribution in [0.4, 0.5) is 0 Å². The fourth-order valence-corrected chi connectivity index (χ4v) is 4.60. The molecule has 0 saturated heterocycles. The van der Waals surface area contributed by atoms with Gasteiger partial charge in [-0.3, -0.25) is 4.79 Å². The Morgan fingerprint density at radius 2 is 1.94 bits per heavy atom. The van der Waals surface area contributed by atoms with Gasteiger partial charge in [0.15, 0.2) is 6.61 Å². The number of rotatable bonds is 5.